The Bertz CT molecular complexity index is 1570. The van der Waals surface area contributed by atoms with Crippen LogP contribution in [0.5, 0.6) is 23.0 Å². The molecule has 256 valence electrons. The number of ether oxygens (including phenoxy) is 7. The van der Waals surface area contributed by atoms with Crippen molar-refractivity contribution in [3.63, 3.8) is 0 Å². The van der Waals surface area contributed by atoms with Gasteiger partial charge in [-0.25, -0.2) is 0 Å². The van der Waals surface area contributed by atoms with Crippen molar-refractivity contribution < 1.29 is 33.2 Å². The van der Waals surface area contributed by atoms with Gasteiger partial charge in [0.15, 0.2) is 23.0 Å². The van der Waals surface area contributed by atoms with Crippen LogP contribution in [0.25, 0.3) is 6.08 Å². The summed E-state index contributed by atoms with van der Waals surface area (Å²) in [6.07, 6.45) is 4.64. The van der Waals surface area contributed by atoms with Gasteiger partial charge in [0.05, 0.1) is 40.6 Å². The number of nitriles is 1. The van der Waals surface area contributed by atoms with E-state index in [1.165, 1.54) is 0 Å². The minimum atomic E-state index is -0.351. The number of benzene rings is 2. The number of hydrogen-bond acceptors (Lipinski definition) is 11. The molecule has 0 amide bonds. The van der Waals surface area contributed by atoms with Crippen molar-refractivity contribution >= 4 is 6.08 Å². The lowest BCUT2D eigenvalue weighted by molar-refractivity contribution is 0.0320. The molecule has 1 atom stereocenters. The Morgan fingerprint density at radius 2 is 1.44 bits per heavy atom. The molecular weight excluding hydrogens is 612 g/mol. The highest BCUT2D eigenvalue weighted by atomic mass is 16.5. The first kappa shape index (κ1) is 33.7. The SMILES string of the molecule is COc1cc(/C=C2\CCCC3=C2OC(N)=C(C#N)C3c2ccc(OCCN3CCOCC3)c(OC)c2)ccc1OCCN1CCOCC1. The molecule has 2 saturated heterocycles. The van der Waals surface area contributed by atoms with Crippen molar-refractivity contribution in [2.45, 2.75) is 25.2 Å². The fraction of sp³-hybridized carbons (Fsp3) is 0.486. The number of methoxy groups -OCH3 is 2. The minimum Gasteiger partial charge on any atom is -0.493 e. The number of hydrogen-bond donors (Lipinski definition) is 1. The Labute approximate surface area is 283 Å². The first-order valence-electron chi connectivity index (χ1n) is 16.8. The van der Waals surface area contributed by atoms with E-state index in [2.05, 4.69) is 21.9 Å². The number of allylic oxidation sites excluding steroid dienone is 3. The second kappa shape index (κ2) is 16.3. The van der Waals surface area contributed by atoms with Crippen LogP contribution in [0, 0.1) is 11.3 Å². The third kappa shape index (κ3) is 7.90. The summed E-state index contributed by atoms with van der Waals surface area (Å²) in [6, 6.07) is 14.2. The summed E-state index contributed by atoms with van der Waals surface area (Å²) < 4.78 is 40.8. The minimum absolute atomic E-state index is 0.125. The van der Waals surface area contributed by atoms with Gasteiger partial charge in [0, 0.05) is 45.2 Å². The highest BCUT2D eigenvalue weighted by molar-refractivity contribution is 5.64. The van der Waals surface area contributed by atoms with Gasteiger partial charge in [0.1, 0.15) is 30.6 Å². The van der Waals surface area contributed by atoms with Gasteiger partial charge in [-0.2, -0.15) is 5.26 Å². The molecule has 3 heterocycles. The lowest BCUT2D eigenvalue weighted by Gasteiger charge is -2.33. The van der Waals surface area contributed by atoms with Crippen LogP contribution in [-0.4, -0.2) is 103 Å². The summed E-state index contributed by atoms with van der Waals surface area (Å²) in [5.74, 6) is 3.17. The van der Waals surface area contributed by atoms with Crippen LogP contribution >= 0.6 is 0 Å². The fourth-order valence-electron chi connectivity index (χ4n) is 6.71. The molecule has 2 aromatic carbocycles. The molecule has 2 fully saturated rings. The molecule has 2 aromatic rings. The lowest BCUT2D eigenvalue weighted by Crippen LogP contribution is -2.38. The van der Waals surface area contributed by atoms with Gasteiger partial charge in [0.25, 0.3) is 0 Å². The molecule has 1 unspecified atom stereocenters. The Balaban J connectivity index is 1.21. The molecule has 1 aliphatic carbocycles. The molecule has 0 saturated carbocycles. The van der Waals surface area contributed by atoms with Crippen LogP contribution in [0.4, 0.5) is 0 Å². The smallest absolute Gasteiger partial charge is 0.205 e. The summed E-state index contributed by atoms with van der Waals surface area (Å²) in [4.78, 5) is 4.66. The normalized spacial score (nSPS) is 21.4. The second-order valence-corrected chi connectivity index (χ2v) is 12.2. The third-order valence-electron chi connectivity index (χ3n) is 9.30. The zero-order valence-electron chi connectivity index (χ0n) is 28.0. The average molecular weight is 659 g/mol. The van der Waals surface area contributed by atoms with Gasteiger partial charge in [0.2, 0.25) is 5.88 Å². The largest absolute Gasteiger partial charge is 0.493 e. The zero-order valence-corrected chi connectivity index (χ0v) is 28.0. The van der Waals surface area contributed by atoms with E-state index >= 15 is 0 Å². The highest BCUT2D eigenvalue weighted by Gasteiger charge is 2.36. The fourth-order valence-corrected chi connectivity index (χ4v) is 6.71. The summed E-state index contributed by atoms with van der Waals surface area (Å²) in [6.45, 7) is 9.45. The van der Waals surface area contributed by atoms with Crippen LogP contribution in [0.1, 0.15) is 36.3 Å². The summed E-state index contributed by atoms with van der Waals surface area (Å²) in [5.41, 5.74) is 10.8. The maximum Gasteiger partial charge on any atom is 0.205 e. The van der Waals surface area contributed by atoms with Crippen molar-refractivity contribution in [3.8, 4) is 29.1 Å². The second-order valence-electron chi connectivity index (χ2n) is 12.2. The van der Waals surface area contributed by atoms with E-state index in [0.29, 0.717) is 41.8 Å². The first-order chi connectivity index (χ1) is 23.6. The van der Waals surface area contributed by atoms with Crippen molar-refractivity contribution in [1.29, 1.82) is 5.26 Å². The van der Waals surface area contributed by atoms with E-state index in [-0.39, 0.29) is 11.8 Å². The predicted octanol–water partition coefficient (Wildman–Crippen LogP) is 4.46. The number of nitrogens with two attached hydrogens (primary N) is 1. The Morgan fingerprint density at radius 1 is 0.833 bits per heavy atom. The molecule has 0 bridgehead atoms. The quantitative estimate of drug-likeness (QED) is 0.348. The van der Waals surface area contributed by atoms with Crippen LogP contribution in [0.2, 0.25) is 0 Å². The van der Waals surface area contributed by atoms with Gasteiger partial charge < -0.3 is 38.9 Å². The Hall–Kier alpha value is -4.21. The summed E-state index contributed by atoms with van der Waals surface area (Å²) >= 11 is 0. The van der Waals surface area contributed by atoms with E-state index in [1.54, 1.807) is 14.2 Å². The van der Waals surface area contributed by atoms with Crippen molar-refractivity contribution in [2.75, 3.05) is 93.1 Å². The topological polar surface area (TPSA) is 121 Å². The summed E-state index contributed by atoms with van der Waals surface area (Å²) in [5, 5.41) is 10.2. The average Bonchev–Trinajstić information content (AvgIpc) is 3.13. The molecule has 3 aliphatic heterocycles. The molecule has 0 aromatic heterocycles. The molecule has 6 rings (SSSR count). The third-order valence-corrected chi connectivity index (χ3v) is 9.30. The van der Waals surface area contributed by atoms with E-state index in [1.807, 2.05) is 36.4 Å². The standard InChI is InChI=1S/C37H46N4O7/c1-42-33-23-26(6-8-31(33)46-20-14-40-10-16-44-17-11-40)22-28-4-3-5-29-35(30(25-38)37(39)48-36(28)29)27-7-9-32(34(24-27)43-2)47-21-15-41-12-18-45-19-13-41/h6-9,22-24,35H,3-5,10-21,39H2,1-2H3/b28-22+. The van der Waals surface area contributed by atoms with E-state index in [0.717, 1.165) is 113 Å². The van der Waals surface area contributed by atoms with Crippen molar-refractivity contribution in [2.24, 2.45) is 5.73 Å². The monoisotopic (exact) mass is 658 g/mol. The van der Waals surface area contributed by atoms with Crippen LogP contribution in [0.15, 0.2) is 64.8 Å². The van der Waals surface area contributed by atoms with E-state index in [9.17, 15) is 5.26 Å². The maximum absolute atomic E-state index is 10.2. The lowest BCUT2D eigenvalue weighted by atomic mass is 9.77. The number of rotatable bonds is 12. The van der Waals surface area contributed by atoms with Gasteiger partial charge in [-0.05, 0) is 71.9 Å². The first-order valence-corrected chi connectivity index (χ1v) is 16.8. The van der Waals surface area contributed by atoms with Gasteiger partial charge in [-0.15, -0.1) is 0 Å². The molecular formula is C37H46N4O7. The zero-order chi connectivity index (χ0) is 33.3. The highest BCUT2D eigenvalue weighted by Crippen LogP contribution is 2.48. The van der Waals surface area contributed by atoms with Crippen LogP contribution in [-0.2, 0) is 14.2 Å². The molecule has 48 heavy (non-hydrogen) atoms. The van der Waals surface area contributed by atoms with Crippen LogP contribution in [0.3, 0.4) is 0 Å². The van der Waals surface area contributed by atoms with Gasteiger partial charge >= 0.3 is 0 Å². The summed E-state index contributed by atoms with van der Waals surface area (Å²) in [7, 11) is 3.29. The van der Waals surface area contributed by atoms with Crippen molar-refractivity contribution in [1.82, 2.24) is 9.80 Å². The maximum atomic E-state index is 10.2. The Morgan fingerprint density at radius 3 is 2.04 bits per heavy atom. The van der Waals surface area contributed by atoms with Gasteiger partial charge in [-0.1, -0.05) is 12.1 Å². The predicted molar refractivity (Wildman–Crippen MR) is 181 cm³/mol. The number of nitrogens with zero attached hydrogens (tertiary/aromatic N) is 3. The molecule has 11 heteroatoms. The van der Waals surface area contributed by atoms with Crippen LogP contribution < -0.4 is 24.7 Å². The molecule has 4 aliphatic rings. The van der Waals surface area contributed by atoms with Gasteiger partial charge in [-0.3, -0.25) is 9.80 Å². The molecule has 0 spiro atoms. The number of morpholine rings is 2. The Kier molecular flexibility index (Phi) is 11.4. The van der Waals surface area contributed by atoms with E-state index < -0.39 is 0 Å². The molecule has 11 nitrogen and oxygen atoms in total. The molecule has 2 N–H and O–H groups in total. The molecule has 0 radical (unpaired) electrons. The van der Waals surface area contributed by atoms with Crippen molar-refractivity contribution in [3.05, 3.63) is 75.9 Å². The van der Waals surface area contributed by atoms with E-state index in [4.69, 9.17) is 38.9 Å².